The molecule has 5 nitrogen and oxygen atoms in total. The fourth-order valence-electron chi connectivity index (χ4n) is 1.89. The highest BCUT2D eigenvalue weighted by Gasteiger charge is 2.45. The zero-order chi connectivity index (χ0) is 17.0. The lowest BCUT2D eigenvalue weighted by atomic mass is 9.74. The molecule has 124 valence electrons. The smallest absolute Gasteiger partial charge is 0.317 e. The molecule has 5 heteroatoms. The van der Waals surface area contributed by atoms with E-state index in [1.54, 1.807) is 32.6 Å². The number of carboxylic acid groups (broad SMARTS) is 1. The van der Waals surface area contributed by atoms with Crippen molar-refractivity contribution in [2.75, 3.05) is 13.1 Å². The van der Waals surface area contributed by atoms with Crippen LogP contribution in [0.5, 0.6) is 0 Å². The molecule has 0 fully saturated rings. The van der Waals surface area contributed by atoms with Gasteiger partial charge in [0.2, 0.25) is 0 Å². The van der Waals surface area contributed by atoms with Crippen LogP contribution in [-0.4, -0.2) is 40.6 Å². The third kappa shape index (κ3) is 5.56. The Morgan fingerprint density at radius 2 is 1.38 bits per heavy atom. The highest BCUT2D eigenvalue weighted by Crippen LogP contribution is 2.30. The molecule has 0 atom stereocenters. The molecule has 2 amide bonds. The Balaban J connectivity index is 5.08. The summed E-state index contributed by atoms with van der Waals surface area (Å²) in [6.45, 7) is 16.3. The summed E-state index contributed by atoms with van der Waals surface area (Å²) >= 11 is 0. The van der Waals surface area contributed by atoms with Crippen LogP contribution in [0.3, 0.4) is 0 Å². The van der Waals surface area contributed by atoms with Gasteiger partial charge in [-0.3, -0.25) is 4.79 Å². The van der Waals surface area contributed by atoms with E-state index in [9.17, 15) is 14.7 Å². The van der Waals surface area contributed by atoms with Crippen LogP contribution in [-0.2, 0) is 4.79 Å². The molecule has 0 aromatic heterocycles. The number of aliphatic carboxylic acids is 1. The van der Waals surface area contributed by atoms with Gasteiger partial charge in [0.15, 0.2) is 0 Å². The van der Waals surface area contributed by atoms with Gasteiger partial charge < -0.3 is 15.3 Å². The van der Waals surface area contributed by atoms with Gasteiger partial charge in [0.05, 0.1) is 11.0 Å². The number of hydrogen-bond donors (Lipinski definition) is 2. The van der Waals surface area contributed by atoms with Gasteiger partial charge >= 0.3 is 12.0 Å². The normalized spacial score (nSPS) is 12.7. The van der Waals surface area contributed by atoms with E-state index in [-0.39, 0.29) is 6.03 Å². The summed E-state index contributed by atoms with van der Waals surface area (Å²) < 4.78 is 0. The quantitative estimate of drug-likeness (QED) is 0.758. The number of nitrogens with zero attached hydrogens (tertiary/aromatic N) is 1. The highest BCUT2D eigenvalue weighted by atomic mass is 16.4. The summed E-state index contributed by atoms with van der Waals surface area (Å²) in [5.41, 5.74) is -1.90. The van der Waals surface area contributed by atoms with Crippen molar-refractivity contribution in [3.05, 3.63) is 0 Å². The van der Waals surface area contributed by atoms with E-state index in [1.165, 1.54) is 0 Å². The van der Waals surface area contributed by atoms with E-state index >= 15 is 0 Å². The Hall–Kier alpha value is -1.26. The summed E-state index contributed by atoms with van der Waals surface area (Å²) in [5, 5.41) is 12.2. The predicted molar refractivity (Wildman–Crippen MR) is 85.3 cm³/mol. The van der Waals surface area contributed by atoms with Gasteiger partial charge in [-0.15, -0.1) is 0 Å². The lowest BCUT2D eigenvalue weighted by Gasteiger charge is -2.40. The summed E-state index contributed by atoms with van der Waals surface area (Å²) in [5.74, 6) is -0.192. The lowest BCUT2D eigenvalue weighted by molar-refractivity contribution is -0.150. The fourth-order valence-corrected chi connectivity index (χ4v) is 1.89. The first-order chi connectivity index (χ1) is 9.31. The van der Waals surface area contributed by atoms with E-state index in [2.05, 4.69) is 33.0 Å². The average molecular weight is 300 g/mol. The second-order valence-corrected chi connectivity index (χ2v) is 7.68. The van der Waals surface area contributed by atoms with E-state index in [0.29, 0.717) is 24.9 Å². The minimum atomic E-state index is -1.05. The van der Waals surface area contributed by atoms with E-state index in [0.717, 1.165) is 0 Å². The number of nitrogens with one attached hydrogen (secondary N) is 1. The number of carbonyl (C=O) groups excluding carboxylic acids is 1. The molecule has 0 aliphatic heterocycles. The molecule has 0 aromatic rings. The zero-order valence-corrected chi connectivity index (χ0v) is 14.8. The van der Waals surface area contributed by atoms with Crippen LogP contribution in [0.25, 0.3) is 0 Å². The molecule has 0 saturated carbocycles. The van der Waals surface area contributed by atoms with E-state index in [1.807, 2.05) is 0 Å². The number of carbonyl (C=O) groups is 2. The largest absolute Gasteiger partial charge is 0.481 e. The summed E-state index contributed by atoms with van der Waals surface area (Å²) in [4.78, 5) is 25.7. The van der Waals surface area contributed by atoms with Crippen molar-refractivity contribution in [3.8, 4) is 0 Å². The van der Waals surface area contributed by atoms with Crippen LogP contribution >= 0.6 is 0 Å². The molecule has 0 unspecified atom stereocenters. The summed E-state index contributed by atoms with van der Waals surface area (Å²) in [6, 6.07) is -0.197. The van der Waals surface area contributed by atoms with Crippen molar-refractivity contribution in [3.63, 3.8) is 0 Å². The molecule has 0 bridgehead atoms. The van der Waals surface area contributed by atoms with Crippen molar-refractivity contribution in [2.45, 2.75) is 60.9 Å². The van der Waals surface area contributed by atoms with Gasteiger partial charge in [0.25, 0.3) is 0 Å². The van der Waals surface area contributed by atoms with Gasteiger partial charge in [0, 0.05) is 13.1 Å². The van der Waals surface area contributed by atoms with Gasteiger partial charge in [-0.2, -0.15) is 0 Å². The predicted octanol–water partition coefficient (Wildman–Crippen LogP) is 3.20. The van der Waals surface area contributed by atoms with Crippen LogP contribution in [0.2, 0.25) is 0 Å². The molecule has 0 spiro atoms. The second-order valence-electron chi connectivity index (χ2n) is 7.68. The van der Waals surface area contributed by atoms with Gasteiger partial charge in [-0.05, 0) is 39.5 Å². The molecule has 0 radical (unpaired) electrons. The Bertz CT molecular complexity index is 364. The van der Waals surface area contributed by atoms with Gasteiger partial charge in [-0.1, -0.05) is 27.7 Å². The topological polar surface area (TPSA) is 69.6 Å². The molecule has 0 aliphatic carbocycles. The van der Waals surface area contributed by atoms with Gasteiger partial charge in [-0.25, -0.2) is 4.79 Å². The first kappa shape index (κ1) is 19.7. The standard InChI is InChI=1S/C16H32N2O3/c1-11(2)9-18(10-12(3)4)14(21)17-16(7,8)15(5,6)13(19)20/h11-12H,9-10H2,1-8H3,(H,17,21)(H,19,20). The molecule has 21 heavy (non-hydrogen) atoms. The minimum absolute atomic E-state index is 0.197. The van der Waals surface area contributed by atoms with Crippen LogP contribution in [0, 0.1) is 17.3 Å². The van der Waals surface area contributed by atoms with Crippen LogP contribution < -0.4 is 5.32 Å². The van der Waals surface area contributed by atoms with Crippen molar-refractivity contribution in [2.24, 2.45) is 17.3 Å². The molecule has 0 rings (SSSR count). The number of hydrogen-bond acceptors (Lipinski definition) is 2. The lowest BCUT2D eigenvalue weighted by Crippen LogP contribution is -2.60. The second kappa shape index (κ2) is 7.14. The molecule has 0 aromatic carbocycles. The SMILES string of the molecule is CC(C)CN(CC(C)C)C(=O)NC(C)(C)C(C)(C)C(=O)O. The van der Waals surface area contributed by atoms with Crippen LogP contribution in [0.15, 0.2) is 0 Å². The Kier molecular flexibility index (Phi) is 6.71. The Labute approximate surface area is 129 Å². The van der Waals surface area contributed by atoms with Crippen LogP contribution in [0.4, 0.5) is 4.79 Å². The third-order valence-electron chi connectivity index (χ3n) is 3.97. The molecule has 0 heterocycles. The number of urea groups is 1. The molecular formula is C16H32N2O3. The number of carboxylic acids is 1. The molecule has 0 saturated heterocycles. The molecular weight excluding hydrogens is 268 g/mol. The number of rotatable bonds is 7. The van der Waals surface area contributed by atoms with Gasteiger partial charge in [0.1, 0.15) is 0 Å². The maximum Gasteiger partial charge on any atom is 0.317 e. The van der Waals surface area contributed by atoms with E-state index in [4.69, 9.17) is 0 Å². The van der Waals surface area contributed by atoms with E-state index < -0.39 is 16.9 Å². The maximum absolute atomic E-state index is 12.5. The number of amides is 2. The fraction of sp³-hybridized carbons (Fsp3) is 0.875. The third-order valence-corrected chi connectivity index (χ3v) is 3.97. The van der Waals surface area contributed by atoms with Crippen molar-refractivity contribution < 1.29 is 14.7 Å². The van der Waals surface area contributed by atoms with Crippen LogP contribution in [0.1, 0.15) is 55.4 Å². The minimum Gasteiger partial charge on any atom is -0.481 e. The first-order valence-electron chi connectivity index (χ1n) is 7.61. The monoisotopic (exact) mass is 300 g/mol. The van der Waals surface area contributed by atoms with Crippen molar-refractivity contribution >= 4 is 12.0 Å². The first-order valence-corrected chi connectivity index (χ1v) is 7.61. The van der Waals surface area contributed by atoms with Crippen molar-refractivity contribution in [1.82, 2.24) is 10.2 Å². The highest BCUT2D eigenvalue weighted by molar-refractivity contribution is 5.79. The average Bonchev–Trinajstić information content (AvgIpc) is 2.25. The Morgan fingerprint density at radius 3 is 1.67 bits per heavy atom. The molecule has 2 N–H and O–H groups in total. The Morgan fingerprint density at radius 1 is 1.00 bits per heavy atom. The summed E-state index contributed by atoms with van der Waals surface area (Å²) in [7, 11) is 0. The van der Waals surface area contributed by atoms with Crippen molar-refractivity contribution in [1.29, 1.82) is 0 Å². The maximum atomic E-state index is 12.5. The molecule has 0 aliphatic rings. The summed E-state index contributed by atoms with van der Waals surface area (Å²) in [6.07, 6.45) is 0. The zero-order valence-electron chi connectivity index (χ0n) is 14.8.